The van der Waals surface area contributed by atoms with Gasteiger partial charge in [-0.25, -0.2) is 4.39 Å². The van der Waals surface area contributed by atoms with Gasteiger partial charge in [-0.3, -0.25) is 0 Å². The Hall–Kier alpha value is -0.910. The number of hydrogen-bond acceptors (Lipinski definition) is 2. The largest absolute Gasteiger partial charge is 0.457 e. The van der Waals surface area contributed by atoms with Gasteiger partial charge in [0.2, 0.25) is 0 Å². The lowest BCUT2D eigenvalue weighted by Gasteiger charge is -2.08. The molecule has 0 aliphatic heterocycles. The Bertz CT molecular complexity index is 555. The Morgan fingerprint density at radius 1 is 1.06 bits per heavy atom. The van der Waals surface area contributed by atoms with Crippen molar-refractivity contribution >= 4 is 31.9 Å². The standard InChI is InChI=1S/C13H10Br2FNO/c14-9-3-10(16)5-12(4-9)18-11-2-1-8(7-17)13(15)6-11/h1-6H,7,17H2. The van der Waals surface area contributed by atoms with Crippen LogP contribution >= 0.6 is 31.9 Å². The van der Waals surface area contributed by atoms with Gasteiger partial charge >= 0.3 is 0 Å². The number of rotatable bonds is 3. The van der Waals surface area contributed by atoms with Crippen molar-refractivity contribution in [2.75, 3.05) is 0 Å². The zero-order valence-corrected chi connectivity index (χ0v) is 12.5. The maximum atomic E-state index is 13.2. The van der Waals surface area contributed by atoms with E-state index in [4.69, 9.17) is 10.5 Å². The van der Waals surface area contributed by atoms with Crippen molar-refractivity contribution in [3.63, 3.8) is 0 Å². The summed E-state index contributed by atoms with van der Waals surface area (Å²) in [5.74, 6) is 0.711. The lowest BCUT2D eigenvalue weighted by Crippen LogP contribution is -1.97. The molecular weight excluding hydrogens is 365 g/mol. The van der Waals surface area contributed by atoms with E-state index in [0.717, 1.165) is 10.0 Å². The van der Waals surface area contributed by atoms with Gasteiger partial charge in [0.15, 0.2) is 0 Å². The van der Waals surface area contributed by atoms with E-state index in [1.54, 1.807) is 18.2 Å². The first-order chi connectivity index (χ1) is 8.58. The Labute approximate surface area is 121 Å². The van der Waals surface area contributed by atoms with Crippen LogP contribution in [0.5, 0.6) is 11.5 Å². The molecule has 2 aromatic carbocycles. The highest BCUT2D eigenvalue weighted by Gasteiger charge is 2.04. The first kappa shape index (κ1) is 13.5. The fourth-order valence-corrected chi connectivity index (χ4v) is 2.44. The number of nitrogens with two attached hydrogens (primary N) is 1. The van der Waals surface area contributed by atoms with Crippen molar-refractivity contribution in [3.05, 3.63) is 56.7 Å². The highest BCUT2D eigenvalue weighted by molar-refractivity contribution is 9.10. The van der Waals surface area contributed by atoms with Gasteiger partial charge in [-0.05, 0) is 29.8 Å². The Kier molecular flexibility index (Phi) is 4.37. The molecule has 0 saturated carbocycles. The van der Waals surface area contributed by atoms with Gasteiger partial charge in [-0.2, -0.15) is 0 Å². The van der Waals surface area contributed by atoms with Crippen LogP contribution in [-0.2, 0) is 6.54 Å². The van der Waals surface area contributed by atoms with E-state index in [-0.39, 0.29) is 5.82 Å². The molecule has 0 bridgehead atoms. The summed E-state index contributed by atoms with van der Waals surface area (Å²) in [6, 6.07) is 9.88. The molecule has 2 rings (SSSR count). The van der Waals surface area contributed by atoms with Crippen molar-refractivity contribution in [1.82, 2.24) is 0 Å². The SMILES string of the molecule is NCc1ccc(Oc2cc(F)cc(Br)c2)cc1Br. The average molecular weight is 375 g/mol. The molecule has 2 aromatic rings. The summed E-state index contributed by atoms with van der Waals surface area (Å²) in [7, 11) is 0. The molecule has 0 aliphatic carbocycles. The van der Waals surface area contributed by atoms with E-state index in [0.29, 0.717) is 22.5 Å². The predicted molar refractivity (Wildman–Crippen MR) is 76.2 cm³/mol. The molecule has 0 unspecified atom stereocenters. The molecule has 0 atom stereocenters. The van der Waals surface area contributed by atoms with E-state index in [9.17, 15) is 4.39 Å². The fourth-order valence-electron chi connectivity index (χ4n) is 1.48. The van der Waals surface area contributed by atoms with E-state index in [1.807, 2.05) is 6.07 Å². The molecule has 18 heavy (non-hydrogen) atoms. The minimum Gasteiger partial charge on any atom is -0.457 e. The highest BCUT2D eigenvalue weighted by Crippen LogP contribution is 2.29. The first-order valence-corrected chi connectivity index (χ1v) is 6.79. The summed E-state index contributed by atoms with van der Waals surface area (Å²) in [5, 5.41) is 0. The molecule has 94 valence electrons. The molecule has 0 spiro atoms. The van der Waals surface area contributed by atoms with E-state index >= 15 is 0 Å². The van der Waals surface area contributed by atoms with E-state index in [1.165, 1.54) is 12.1 Å². The van der Waals surface area contributed by atoms with Crippen LogP contribution in [0.25, 0.3) is 0 Å². The topological polar surface area (TPSA) is 35.2 Å². The van der Waals surface area contributed by atoms with Crippen LogP contribution in [-0.4, -0.2) is 0 Å². The summed E-state index contributed by atoms with van der Waals surface area (Å²) >= 11 is 6.62. The molecule has 2 N–H and O–H groups in total. The minimum absolute atomic E-state index is 0.350. The molecule has 0 amide bonds. The zero-order chi connectivity index (χ0) is 13.1. The zero-order valence-electron chi connectivity index (χ0n) is 9.29. The van der Waals surface area contributed by atoms with Crippen molar-refractivity contribution in [3.8, 4) is 11.5 Å². The van der Waals surface area contributed by atoms with Gasteiger partial charge in [0.05, 0.1) is 0 Å². The van der Waals surface area contributed by atoms with Gasteiger partial charge in [0.25, 0.3) is 0 Å². The lowest BCUT2D eigenvalue weighted by molar-refractivity contribution is 0.475. The van der Waals surface area contributed by atoms with Crippen LogP contribution in [0.2, 0.25) is 0 Å². The highest BCUT2D eigenvalue weighted by atomic mass is 79.9. The Balaban J connectivity index is 2.25. The third-order valence-corrected chi connectivity index (χ3v) is 3.51. The van der Waals surface area contributed by atoms with Crippen LogP contribution in [0.1, 0.15) is 5.56 Å². The monoisotopic (exact) mass is 373 g/mol. The molecular formula is C13H10Br2FNO. The molecule has 5 heteroatoms. The summed E-state index contributed by atoms with van der Waals surface area (Å²) in [5.41, 5.74) is 6.56. The first-order valence-electron chi connectivity index (χ1n) is 5.21. The van der Waals surface area contributed by atoms with Crippen LogP contribution in [0, 0.1) is 5.82 Å². The van der Waals surface area contributed by atoms with Gasteiger partial charge in [-0.1, -0.05) is 37.9 Å². The molecule has 2 nitrogen and oxygen atoms in total. The normalized spacial score (nSPS) is 10.4. The molecule has 0 aromatic heterocycles. The van der Waals surface area contributed by atoms with Gasteiger partial charge in [0.1, 0.15) is 17.3 Å². The Morgan fingerprint density at radius 3 is 2.44 bits per heavy atom. The van der Waals surface area contributed by atoms with Crippen LogP contribution in [0.4, 0.5) is 4.39 Å². The predicted octanol–water partition coefficient (Wildman–Crippen LogP) is 4.60. The molecule has 0 heterocycles. The molecule has 0 aliphatic rings. The summed E-state index contributed by atoms with van der Waals surface area (Å²) < 4.78 is 20.3. The van der Waals surface area contributed by atoms with Crippen molar-refractivity contribution in [2.45, 2.75) is 6.54 Å². The third-order valence-electron chi connectivity index (χ3n) is 2.32. The van der Waals surface area contributed by atoms with Crippen molar-refractivity contribution < 1.29 is 9.13 Å². The van der Waals surface area contributed by atoms with Gasteiger partial charge in [-0.15, -0.1) is 0 Å². The van der Waals surface area contributed by atoms with E-state index in [2.05, 4.69) is 31.9 Å². The fraction of sp³-hybridized carbons (Fsp3) is 0.0769. The molecule has 0 fully saturated rings. The van der Waals surface area contributed by atoms with Gasteiger partial charge in [0, 0.05) is 21.6 Å². The number of hydrogen-bond donors (Lipinski definition) is 1. The Morgan fingerprint density at radius 2 is 1.83 bits per heavy atom. The van der Waals surface area contributed by atoms with Crippen LogP contribution < -0.4 is 10.5 Å². The second-order valence-electron chi connectivity index (χ2n) is 3.66. The maximum Gasteiger partial charge on any atom is 0.131 e. The number of benzene rings is 2. The summed E-state index contributed by atoms with van der Waals surface area (Å²) in [6.07, 6.45) is 0. The molecule has 0 radical (unpaired) electrons. The van der Waals surface area contributed by atoms with Crippen molar-refractivity contribution in [2.24, 2.45) is 5.73 Å². The smallest absolute Gasteiger partial charge is 0.131 e. The summed E-state index contributed by atoms with van der Waals surface area (Å²) in [6.45, 7) is 0.451. The maximum absolute atomic E-state index is 13.2. The number of ether oxygens (including phenoxy) is 1. The quantitative estimate of drug-likeness (QED) is 0.851. The average Bonchev–Trinajstić information content (AvgIpc) is 2.27. The summed E-state index contributed by atoms with van der Waals surface area (Å²) in [4.78, 5) is 0. The van der Waals surface area contributed by atoms with Gasteiger partial charge < -0.3 is 10.5 Å². The third kappa shape index (κ3) is 3.31. The minimum atomic E-state index is -0.350. The number of halogens is 3. The second-order valence-corrected chi connectivity index (χ2v) is 5.43. The lowest BCUT2D eigenvalue weighted by atomic mass is 10.2. The second kappa shape index (κ2) is 5.82. The van der Waals surface area contributed by atoms with Crippen molar-refractivity contribution in [1.29, 1.82) is 0 Å². The molecule has 0 saturated heterocycles. The van der Waals surface area contributed by atoms with Crippen LogP contribution in [0.15, 0.2) is 45.3 Å². The van der Waals surface area contributed by atoms with E-state index < -0.39 is 0 Å². The van der Waals surface area contributed by atoms with Crippen LogP contribution in [0.3, 0.4) is 0 Å².